The van der Waals surface area contributed by atoms with Crippen LogP contribution in [0.2, 0.25) is 5.15 Å². The summed E-state index contributed by atoms with van der Waals surface area (Å²) in [5, 5.41) is 13.7. The molecule has 0 bridgehead atoms. The molecule has 1 aromatic rings. The van der Waals surface area contributed by atoms with Crippen LogP contribution in [0.1, 0.15) is 31.1 Å². The Morgan fingerprint density at radius 1 is 1.65 bits per heavy atom. The maximum atomic E-state index is 12.2. The average Bonchev–Trinajstić information content (AvgIpc) is 2.37. The van der Waals surface area contributed by atoms with Crippen LogP contribution >= 0.6 is 11.6 Å². The largest absolute Gasteiger partial charge is 0.345 e. The Hall–Kier alpha value is -1.73. The second-order valence-electron chi connectivity index (χ2n) is 5.01. The number of pyridine rings is 1. The van der Waals surface area contributed by atoms with Crippen LogP contribution in [0.3, 0.4) is 0 Å². The molecule has 0 aliphatic carbocycles. The Kier molecular flexibility index (Phi) is 5.02. The fraction of sp³-hybridized carbons (Fsp3) is 0.500. The summed E-state index contributed by atoms with van der Waals surface area (Å²) >= 11 is 5.69. The smallest absolute Gasteiger partial charge is 0.300 e. The third-order valence-electron chi connectivity index (χ3n) is 3.39. The summed E-state index contributed by atoms with van der Waals surface area (Å²) in [4.78, 5) is 26.1. The molecular weight excluding hydrogens is 284 g/mol. The molecule has 1 amide bonds. The van der Waals surface area contributed by atoms with E-state index in [2.05, 4.69) is 10.3 Å². The Morgan fingerprint density at radius 3 is 2.70 bits per heavy atom. The average molecular weight is 301 g/mol. The molecule has 1 atom stereocenters. The first-order chi connectivity index (χ1) is 9.21. The minimum absolute atomic E-state index is 0.0137. The van der Waals surface area contributed by atoms with Crippen LogP contribution in [-0.4, -0.2) is 27.9 Å². The van der Waals surface area contributed by atoms with Crippen LogP contribution in [0.5, 0.6) is 0 Å². The van der Waals surface area contributed by atoms with Crippen LogP contribution in [-0.2, 0) is 0 Å². The number of rotatable bonds is 5. The van der Waals surface area contributed by atoms with E-state index in [1.54, 1.807) is 6.92 Å². The summed E-state index contributed by atoms with van der Waals surface area (Å²) in [6.45, 7) is 5.80. The van der Waals surface area contributed by atoms with Crippen molar-refractivity contribution in [2.45, 2.75) is 26.3 Å². The summed E-state index contributed by atoms with van der Waals surface area (Å²) in [5.74, 6) is -0.532. The maximum Gasteiger partial charge on any atom is 0.300 e. The molecule has 0 saturated carbocycles. The zero-order chi connectivity index (χ0) is 15.5. The maximum absolute atomic E-state index is 12.2. The lowest BCUT2D eigenvalue weighted by molar-refractivity contribution is -0.385. The first kappa shape index (κ1) is 16.3. The fourth-order valence-electron chi connectivity index (χ4n) is 1.51. The molecule has 1 unspecified atom stereocenters. The molecule has 0 aromatic carbocycles. The normalized spacial score (nSPS) is 13.9. The van der Waals surface area contributed by atoms with Crippen molar-refractivity contribution in [3.05, 3.63) is 33.1 Å². The van der Waals surface area contributed by atoms with Gasteiger partial charge >= 0.3 is 0 Å². The number of hydrogen-bond acceptors (Lipinski definition) is 5. The lowest BCUT2D eigenvalue weighted by Crippen LogP contribution is -2.55. The van der Waals surface area contributed by atoms with E-state index < -0.39 is 22.1 Å². The zero-order valence-corrected chi connectivity index (χ0v) is 12.3. The van der Waals surface area contributed by atoms with Crippen LogP contribution in [0.4, 0.5) is 5.69 Å². The summed E-state index contributed by atoms with van der Waals surface area (Å²) < 4.78 is 0. The monoisotopic (exact) mass is 300 g/mol. The SMILES string of the molecule is CC(C)C(C)(CN)NC(=O)c1cc(Cl)ncc1[N+](=O)[O-]. The van der Waals surface area contributed by atoms with Gasteiger partial charge in [-0.05, 0) is 18.9 Å². The Bertz CT molecular complexity index is 535. The van der Waals surface area contributed by atoms with E-state index in [-0.39, 0.29) is 23.2 Å². The van der Waals surface area contributed by atoms with Crippen LogP contribution in [0.25, 0.3) is 0 Å². The molecular formula is C12H17ClN4O3. The number of carbonyl (C=O) groups excluding carboxylic acids is 1. The summed E-state index contributed by atoms with van der Waals surface area (Å²) in [6, 6.07) is 1.17. The van der Waals surface area contributed by atoms with E-state index in [4.69, 9.17) is 17.3 Å². The molecule has 1 rings (SSSR count). The Balaban J connectivity index is 3.15. The highest BCUT2D eigenvalue weighted by Crippen LogP contribution is 2.22. The minimum atomic E-state index is -0.673. The molecule has 0 aliphatic heterocycles. The van der Waals surface area contributed by atoms with Gasteiger partial charge in [0.05, 0.1) is 10.5 Å². The number of amides is 1. The standard InChI is InChI=1S/C12H17ClN4O3/c1-7(2)12(3,6-14)16-11(18)8-4-10(13)15-5-9(8)17(19)20/h4-5,7H,6,14H2,1-3H3,(H,16,18). The summed E-state index contributed by atoms with van der Waals surface area (Å²) in [5.41, 5.74) is 4.49. The number of hydrogen-bond donors (Lipinski definition) is 2. The van der Waals surface area contributed by atoms with Crippen molar-refractivity contribution in [2.24, 2.45) is 11.7 Å². The van der Waals surface area contributed by atoms with E-state index in [1.807, 2.05) is 13.8 Å². The van der Waals surface area contributed by atoms with Gasteiger partial charge in [0.25, 0.3) is 11.6 Å². The highest BCUT2D eigenvalue weighted by Gasteiger charge is 2.31. The number of halogens is 1. The van der Waals surface area contributed by atoms with Gasteiger partial charge in [-0.2, -0.15) is 0 Å². The molecule has 0 radical (unpaired) electrons. The lowest BCUT2D eigenvalue weighted by Gasteiger charge is -2.33. The van der Waals surface area contributed by atoms with E-state index in [0.717, 1.165) is 6.20 Å². The third-order valence-corrected chi connectivity index (χ3v) is 3.59. The quantitative estimate of drug-likeness (QED) is 0.489. The van der Waals surface area contributed by atoms with E-state index in [0.29, 0.717) is 0 Å². The molecule has 110 valence electrons. The molecule has 3 N–H and O–H groups in total. The van der Waals surface area contributed by atoms with Crippen molar-refractivity contribution in [1.82, 2.24) is 10.3 Å². The van der Waals surface area contributed by atoms with Gasteiger partial charge in [0.15, 0.2) is 0 Å². The van der Waals surface area contributed by atoms with Crippen molar-refractivity contribution >= 4 is 23.2 Å². The topological polar surface area (TPSA) is 111 Å². The van der Waals surface area contributed by atoms with Gasteiger partial charge in [-0.3, -0.25) is 14.9 Å². The fourth-order valence-corrected chi connectivity index (χ4v) is 1.67. The third kappa shape index (κ3) is 3.43. The van der Waals surface area contributed by atoms with E-state index in [1.165, 1.54) is 6.07 Å². The first-order valence-electron chi connectivity index (χ1n) is 6.03. The minimum Gasteiger partial charge on any atom is -0.345 e. The predicted octanol–water partition coefficient (Wildman–Crippen LogP) is 1.75. The van der Waals surface area contributed by atoms with Gasteiger partial charge in [-0.25, -0.2) is 4.98 Å². The summed E-state index contributed by atoms with van der Waals surface area (Å²) in [7, 11) is 0. The van der Waals surface area contributed by atoms with Gasteiger partial charge in [0.1, 0.15) is 16.9 Å². The lowest BCUT2D eigenvalue weighted by atomic mass is 9.88. The Morgan fingerprint density at radius 2 is 2.25 bits per heavy atom. The van der Waals surface area contributed by atoms with Crippen LogP contribution in [0.15, 0.2) is 12.3 Å². The highest BCUT2D eigenvalue weighted by molar-refractivity contribution is 6.29. The molecule has 0 saturated heterocycles. The number of nitrogens with two attached hydrogens (primary N) is 1. The van der Waals surface area contributed by atoms with Gasteiger partial charge < -0.3 is 11.1 Å². The van der Waals surface area contributed by atoms with Crippen molar-refractivity contribution in [3.63, 3.8) is 0 Å². The molecule has 1 aromatic heterocycles. The van der Waals surface area contributed by atoms with Crippen LogP contribution in [0, 0.1) is 16.0 Å². The molecule has 0 aliphatic rings. The van der Waals surface area contributed by atoms with Crippen LogP contribution < -0.4 is 11.1 Å². The number of nitrogens with zero attached hydrogens (tertiary/aromatic N) is 2. The van der Waals surface area contributed by atoms with Crippen molar-refractivity contribution in [1.29, 1.82) is 0 Å². The van der Waals surface area contributed by atoms with Gasteiger partial charge in [-0.15, -0.1) is 0 Å². The van der Waals surface area contributed by atoms with E-state index >= 15 is 0 Å². The Labute approximate surface area is 121 Å². The number of nitro groups is 1. The second-order valence-corrected chi connectivity index (χ2v) is 5.40. The summed E-state index contributed by atoms with van der Waals surface area (Å²) in [6.07, 6.45) is 0.965. The number of carbonyl (C=O) groups is 1. The van der Waals surface area contributed by atoms with Gasteiger partial charge in [-0.1, -0.05) is 25.4 Å². The predicted molar refractivity (Wildman–Crippen MR) is 75.7 cm³/mol. The van der Waals surface area contributed by atoms with Crippen molar-refractivity contribution in [3.8, 4) is 0 Å². The molecule has 0 fully saturated rings. The molecule has 0 spiro atoms. The van der Waals surface area contributed by atoms with Gasteiger partial charge in [0.2, 0.25) is 0 Å². The zero-order valence-electron chi connectivity index (χ0n) is 11.5. The van der Waals surface area contributed by atoms with Crippen molar-refractivity contribution < 1.29 is 9.72 Å². The molecule has 7 nitrogen and oxygen atoms in total. The molecule has 20 heavy (non-hydrogen) atoms. The molecule has 8 heteroatoms. The second kappa shape index (κ2) is 6.15. The van der Waals surface area contributed by atoms with E-state index in [9.17, 15) is 14.9 Å². The number of aromatic nitrogens is 1. The van der Waals surface area contributed by atoms with Crippen molar-refractivity contribution in [2.75, 3.05) is 6.54 Å². The first-order valence-corrected chi connectivity index (χ1v) is 6.41. The number of nitrogens with one attached hydrogen (secondary N) is 1. The highest BCUT2D eigenvalue weighted by atomic mass is 35.5. The molecule has 1 heterocycles. The van der Waals surface area contributed by atoms with Gasteiger partial charge in [0, 0.05) is 6.54 Å².